The fourth-order valence-electron chi connectivity index (χ4n) is 0.298. The first-order valence-electron chi connectivity index (χ1n) is 2.86. The molecule has 0 aliphatic carbocycles. The molecule has 5 heteroatoms. The van der Waals surface area contributed by atoms with E-state index < -0.39 is 20.2 Å². The number of hydrogen-bond acceptors (Lipinski definition) is 4. The lowest BCUT2D eigenvalue weighted by Gasteiger charge is -1.95. The average molecular weight is 177 g/mol. The van der Waals surface area contributed by atoms with Gasteiger partial charge in [0.1, 0.15) is 0 Å². The summed E-state index contributed by atoms with van der Waals surface area (Å²) in [5.74, 6) is -1.25. The minimum absolute atomic E-state index is 1.06. The number of aliphatic hydroxyl groups excluding tert-OH is 2. The Morgan fingerprint density at radius 2 is 1.91 bits per heavy atom. The first kappa shape index (κ1) is 10.5. The molecule has 0 aromatic carbocycles. The van der Waals surface area contributed by atoms with E-state index >= 15 is 0 Å². The monoisotopic (exact) mass is 177 g/mol. The summed E-state index contributed by atoms with van der Waals surface area (Å²) in [5.41, 5.74) is 0. The van der Waals surface area contributed by atoms with Gasteiger partial charge in [0.2, 0.25) is 6.29 Å². The van der Waals surface area contributed by atoms with Crippen molar-refractivity contribution in [3.8, 4) is 0 Å². The quantitative estimate of drug-likeness (QED) is 0.369. The highest BCUT2D eigenvalue weighted by molar-refractivity contribution is 7.40. The summed E-state index contributed by atoms with van der Waals surface area (Å²) < 4.78 is 15.1. The van der Waals surface area contributed by atoms with E-state index in [-0.39, 0.29) is 0 Å². The second-order valence-corrected chi connectivity index (χ2v) is 2.98. The van der Waals surface area contributed by atoms with Gasteiger partial charge >= 0.3 is 13.9 Å². The van der Waals surface area contributed by atoms with E-state index in [1.54, 1.807) is 0 Å². The molecule has 0 spiro atoms. The van der Waals surface area contributed by atoms with Crippen LogP contribution in [0.3, 0.4) is 0 Å². The van der Waals surface area contributed by atoms with Crippen molar-refractivity contribution in [2.45, 2.75) is 12.1 Å². The van der Waals surface area contributed by atoms with Crippen molar-refractivity contribution >= 4 is 8.03 Å². The van der Waals surface area contributed by atoms with Crippen LogP contribution >= 0.6 is 8.03 Å². The first-order chi connectivity index (χ1) is 5.11. The molecule has 0 radical (unpaired) electrons. The third kappa shape index (κ3) is 4.01. The molecule has 0 amide bonds. The molecule has 3 atom stereocenters. The normalized spacial score (nSPS) is 16.7. The first-order valence-corrected chi connectivity index (χ1v) is 4.11. The molecule has 0 fully saturated rings. The van der Waals surface area contributed by atoms with Gasteiger partial charge in [0.05, 0.1) is 0 Å². The molecular formula is C6H10O4P+. The molecule has 0 saturated heterocycles. The molecular weight excluding hydrogens is 167 g/mol. The van der Waals surface area contributed by atoms with Crippen LogP contribution in [0.25, 0.3) is 0 Å². The van der Waals surface area contributed by atoms with Gasteiger partial charge in [-0.25, -0.2) is 0 Å². The van der Waals surface area contributed by atoms with Crippen LogP contribution in [0, 0.1) is 0 Å². The van der Waals surface area contributed by atoms with Gasteiger partial charge in [-0.1, -0.05) is 13.2 Å². The lowest BCUT2D eigenvalue weighted by atomic mass is 10.6. The summed E-state index contributed by atoms with van der Waals surface area (Å²) in [6.45, 7) is 6.38. The van der Waals surface area contributed by atoms with Gasteiger partial charge in [0.15, 0.2) is 0 Å². The lowest BCUT2D eigenvalue weighted by molar-refractivity contribution is 0.0276. The van der Waals surface area contributed by atoms with Gasteiger partial charge in [-0.05, 0) is 16.7 Å². The topological polar surface area (TPSA) is 66.8 Å². The smallest absolute Gasteiger partial charge is 0.361 e. The van der Waals surface area contributed by atoms with Crippen LogP contribution in [0.4, 0.5) is 0 Å². The van der Waals surface area contributed by atoms with Gasteiger partial charge in [0, 0.05) is 0 Å². The summed E-state index contributed by atoms with van der Waals surface area (Å²) in [6.07, 6.45) is 0.811. The number of rotatable bonds is 5. The fourth-order valence-corrected chi connectivity index (χ4v) is 0.894. The van der Waals surface area contributed by atoms with E-state index in [4.69, 9.17) is 10.2 Å². The Bertz CT molecular complexity index is 168. The van der Waals surface area contributed by atoms with Crippen molar-refractivity contribution in [2.24, 2.45) is 0 Å². The predicted molar refractivity (Wildman–Crippen MR) is 41.1 cm³/mol. The van der Waals surface area contributed by atoms with Crippen LogP contribution in [0.5, 0.6) is 0 Å². The van der Waals surface area contributed by atoms with Crippen LogP contribution in [0.2, 0.25) is 0 Å². The zero-order valence-corrected chi connectivity index (χ0v) is 6.78. The van der Waals surface area contributed by atoms with Gasteiger partial charge in [-0.2, -0.15) is 0 Å². The van der Waals surface area contributed by atoms with Crippen molar-refractivity contribution in [1.82, 2.24) is 0 Å². The van der Waals surface area contributed by atoms with E-state index in [0.717, 1.165) is 12.2 Å². The van der Waals surface area contributed by atoms with Crippen molar-refractivity contribution in [3.63, 3.8) is 0 Å². The summed E-state index contributed by atoms with van der Waals surface area (Å²) in [7, 11) is -2.32. The van der Waals surface area contributed by atoms with Crippen LogP contribution in [0.15, 0.2) is 25.3 Å². The Labute approximate surface area is 65.7 Å². The Balaban J connectivity index is 3.86. The molecule has 11 heavy (non-hydrogen) atoms. The highest BCUT2D eigenvalue weighted by Gasteiger charge is 2.29. The summed E-state index contributed by atoms with van der Waals surface area (Å²) >= 11 is 0. The fraction of sp³-hybridized carbons (Fsp3) is 0.333. The number of aliphatic hydroxyl groups is 2. The SMILES string of the molecule is C=CC(O)O[P+](=O)C(O)C=C. The van der Waals surface area contributed by atoms with E-state index in [2.05, 4.69) is 17.7 Å². The largest absolute Gasteiger partial charge is 0.547 e. The Hall–Kier alpha value is -0.540. The Morgan fingerprint density at radius 3 is 2.27 bits per heavy atom. The second-order valence-electron chi connectivity index (χ2n) is 1.67. The maximum Gasteiger partial charge on any atom is 0.547 e. The van der Waals surface area contributed by atoms with Crippen molar-refractivity contribution in [2.75, 3.05) is 0 Å². The van der Waals surface area contributed by atoms with E-state index in [1.807, 2.05) is 0 Å². The van der Waals surface area contributed by atoms with Crippen LogP contribution < -0.4 is 0 Å². The van der Waals surface area contributed by atoms with Gasteiger partial charge in [0.25, 0.3) is 0 Å². The zero-order valence-electron chi connectivity index (χ0n) is 5.88. The molecule has 62 valence electrons. The maximum atomic E-state index is 10.7. The second kappa shape index (κ2) is 5.16. The summed E-state index contributed by atoms with van der Waals surface area (Å²) in [4.78, 5) is 0. The lowest BCUT2D eigenvalue weighted by Crippen LogP contribution is -2.06. The molecule has 0 rings (SSSR count). The minimum Gasteiger partial charge on any atom is -0.361 e. The predicted octanol–water partition coefficient (Wildman–Crippen LogP) is 0.754. The maximum absolute atomic E-state index is 10.7. The van der Waals surface area contributed by atoms with Gasteiger partial charge in [-0.3, -0.25) is 0 Å². The summed E-state index contributed by atoms with van der Waals surface area (Å²) in [5, 5.41) is 17.5. The van der Waals surface area contributed by atoms with Gasteiger partial charge in [-0.15, -0.1) is 4.52 Å². The van der Waals surface area contributed by atoms with Crippen LogP contribution in [-0.2, 0) is 9.09 Å². The van der Waals surface area contributed by atoms with Gasteiger partial charge < -0.3 is 10.2 Å². The third-order valence-electron chi connectivity index (χ3n) is 0.840. The van der Waals surface area contributed by atoms with Crippen molar-refractivity contribution in [1.29, 1.82) is 0 Å². The molecule has 0 aliphatic rings. The molecule has 0 aliphatic heterocycles. The highest BCUT2D eigenvalue weighted by atomic mass is 31.1. The average Bonchev–Trinajstić information content (AvgIpc) is 2.02. The van der Waals surface area contributed by atoms with Crippen molar-refractivity contribution < 1.29 is 19.3 Å². The van der Waals surface area contributed by atoms with E-state index in [9.17, 15) is 4.57 Å². The Morgan fingerprint density at radius 1 is 1.36 bits per heavy atom. The molecule has 0 heterocycles. The summed E-state index contributed by atoms with van der Waals surface area (Å²) in [6, 6.07) is 0. The third-order valence-corrected chi connectivity index (χ3v) is 1.91. The van der Waals surface area contributed by atoms with Crippen LogP contribution in [-0.4, -0.2) is 22.3 Å². The molecule has 0 saturated carbocycles. The van der Waals surface area contributed by atoms with E-state index in [1.165, 1.54) is 0 Å². The minimum atomic E-state index is -2.32. The molecule has 0 aromatic rings. The molecule has 4 nitrogen and oxygen atoms in total. The molecule has 3 unspecified atom stereocenters. The molecule has 0 aromatic heterocycles. The standard InChI is InChI=1S/C6H10O4P/c1-3-5(7)10-11(9)6(8)4-2/h3-8H,1-2H2/q+1. The molecule has 2 N–H and O–H groups in total. The highest BCUT2D eigenvalue weighted by Crippen LogP contribution is 2.29. The Kier molecular flexibility index (Phi) is 4.90. The number of hydrogen-bond donors (Lipinski definition) is 2. The van der Waals surface area contributed by atoms with Crippen LogP contribution in [0.1, 0.15) is 0 Å². The molecule has 0 bridgehead atoms. The van der Waals surface area contributed by atoms with Crippen molar-refractivity contribution in [3.05, 3.63) is 25.3 Å². The van der Waals surface area contributed by atoms with E-state index in [0.29, 0.717) is 0 Å². The zero-order chi connectivity index (χ0) is 8.85.